The van der Waals surface area contributed by atoms with Crippen LogP contribution in [0.25, 0.3) is 0 Å². The van der Waals surface area contributed by atoms with Gasteiger partial charge >= 0.3 is 6.18 Å². The number of hydrogen-bond donors (Lipinski definition) is 0. The minimum absolute atomic E-state index is 0.00858. The number of hydrogen-bond acceptors (Lipinski definition) is 3. The summed E-state index contributed by atoms with van der Waals surface area (Å²) in [5.41, 5.74) is 1.10. The zero-order valence-corrected chi connectivity index (χ0v) is 11.4. The molecule has 0 radical (unpaired) electrons. The van der Waals surface area contributed by atoms with Crippen molar-refractivity contribution in [3.63, 3.8) is 0 Å². The molecule has 2 rings (SSSR count). The van der Waals surface area contributed by atoms with Gasteiger partial charge in [-0.2, -0.15) is 18.4 Å². The Hall–Kier alpha value is -2.68. The molecule has 6 heteroatoms. The SMILES string of the molecule is N#Cc1ccccc1COc1ccccc1OCC(F)(F)F. The van der Waals surface area contributed by atoms with Gasteiger partial charge in [-0.1, -0.05) is 30.3 Å². The number of benzene rings is 2. The Labute approximate surface area is 125 Å². The highest BCUT2D eigenvalue weighted by molar-refractivity contribution is 5.41. The summed E-state index contributed by atoms with van der Waals surface area (Å²) in [7, 11) is 0. The van der Waals surface area contributed by atoms with E-state index in [1.54, 1.807) is 36.4 Å². The molecule has 0 amide bonds. The van der Waals surface area contributed by atoms with Crippen molar-refractivity contribution >= 4 is 0 Å². The first-order valence-electron chi connectivity index (χ1n) is 6.39. The van der Waals surface area contributed by atoms with E-state index in [1.165, 1.54) is 12.1 Å². The van der Waals surface area contributed by atoms with Crippen LogP contribution in [0.4, 0.5) is 13.2 Å². The average molecular weight is 307 g/mol. The van der Waals surface area contributed by atoms with Gasteiger partial charge in [-0.25, -0.2) is 0 Å². The largest absolute Gasteiger partial charge is 0.485 e. The van der Waals surface area contributed by atoms with Gasteiger partial charge in [-0.05, 0) is 18.2 Å². The van der Waals surface area contributed by atoms with Crippen LogP contribution in [-0.2, 0) is 6.61 Å². The normalized spacial score (nSPS) is 10.8. The van der Waals surface area contributed by atoms with E-state index < -0.39 is 12.8 Å². The van der Waals surface area contributed by atoms with E-state index in [0.29, 0.717) is 11.1 Å². The summed E-state index contributed by atoms with van der Waals surface area (Å²) in [6.45, 7) is -1.32. The molecule has 0 aliphatic rings. The molecule has 0 bridgehead atoms. The first-order valence-corrected chi connectivity index (χ1v) is 6.39. The molecule has 0 aromatic heterocycles. The number of nitriles is 1. The number of para-hydroxylation sites is 2. The van der Waals surface area contributed by atoms with Crippen molar-refractivity contribution in [2.24, 2.45) is 0 Å². The lowest BCUT2D eigenvalue weighted by molar-refractivity contribution is -0.153. The number of ether oxygens (including phenoxy) is 2. The van der Waals surface area contributed by atoms with Gasteiger partial charge in [0.15, 0.2) is 18.1 Å². The molecule has 0 heterocycles. The molecule has 0 saturated heterocycles. The molecule has 3 nitrogen and oxygen atoms in total. The zero-order valence-electron chi connectivity index (χ0n) is 11.4. The van der Waals surface area contributed by atoms with Crippen LogP contribution in [0, 0.1) is 11.3 Å². The lowest BCUT2D eigenvalue weighted by atomic mass is 10.1. The van der Waals surface area contributed by atoms with E-state index in [0.717, 1.165) is 0 Å². The smallest absolute Gasteiger partial charge is 0.422 e. The van der Waals surface area contributed by atoms with Crippen LogP contribution in [0.5, 0.6) is 11.5 Å². The van der Waals surface area contributed by atoms with Crippen molar-refractivity contribution in [2.45, 2.75) is 12.8 Å². The van der Waals surface area contributed by atoms with Gasteiger partial charge in [-0.3, -0.25) is 0 Å². The van der Waals surface area contributed by atoms with Gasteiger partial charge in [0.25, 0.3) is 0 Å². The molecule has 2 aromatic rings. The maximum atomic E-state index is 12.2. The Morgan fingerprint density at radius 1 is 0.909 bits per heavy atom. The van der Waals surface area contributed by atoms with Crippen LogP contribution >= 0.6 is 0 Å². The fraction of sp³-hybridized carbons (Fsp3) is 0.188. The molecular weight excluding hydrogens is 295 g/mol. The summed E-state index contributed by atoms with van der Waals surface area (Å²) in [5, 5.41) is 8.99. The third-order valence-electron chi connectivity index (χ3n) is 2.76. The molecule has 0 fully saturated rings. The van der Waals surface area contributed by atoms with E-state index in [9.17, 15) is 13.2 Å². The van der Waals surface area contributed by atoms with Crippen molar-refractivity contribution in [2.75, 3.05) is 6.61 Å². The topological polar surface area (TPSA) is 42.2 Å². The molecular formula is C16H12F3NO2. The summed E-state index contributed by atoms with van der Waals surface area (Å²) in [6, 6.07) is 15.0. The predicted molar refractivity (Wildman–Crippen MR) is 73.5 cm³/mol. The molecule has 0 unspecified atom stereocenters. The second kappa shape index (κ2) is 6.85. The molecule has 0 saturated carbocycles. The van der Waals surface area contributed by atoms with Crippen LogP contribution in [0.2, 0.25) is 0 Å². The number of nitrogens with zero attached hydrogens (tertiary/aromatic N) is 1. The zero-order chi connectivity index (χ0) is 16.0. The van der Waals surface area contributed by atoms with Crippen LogP contribution in [0.3, 0.4) is 0 Å². The maximum absolute atomic E-state index is 12.2. The third kappa shape index (κ3) is 4.42. The summed E-state index contributed by atoms with van der Waals surface area (Å²) in [4.78, 5) is 0. The second-order valence-corrected chi connectivity index (χ2v) is 4.41. The molecule has 114 valence electrons. The highest BCUT2D eigenvalue weighted by atomic mass is 19.4. The van der Waals surface area contributed by atoms with E-state index in [4.69, 9.17) is 14.7 Å². The fourth-order valence-corrected chi connectivity index (χ4v) is 1.76. The first kappa shape index (κ1) is 15.7. The van der Waals surface area contributed by atoms with Crippen LogP contribution in [-0.4, -0.2) is 12.8 Å². The Morgan fingerprint density at radius 3 is 2.14 bits per heavy atom. The van der Waals surface area contributed by atoms with Crippen molar-refractivity contribution in [3.8, 4) is 17.6 Å². The van der Waals surface area contributed by atoms with Gasteiger partial charge in [0, 0.05) is 5.56 Å². The molecule has 0 atom stereocenters. The van der Waals surface area contributed by atoms with E-state index in [2.05, 4.69) is 0 Å². The summed E-state index contributed by atoms with van der Waals surface area (Å²) >= 11 is 0. The molecule has 22 heavy (non-hydrogen) atoms. The van der Waals surface area contributed by atoms with Gasteiger partial charge in [0.2, 0.25) is 0 Å². The minimum Gasteiger partial charge on any atom is -0.485 e. The minimum atomic E-state index is -4.42. The van der Waals surface area contributed by atoms with Crippen LogP contribution in [0.1, 0.15) is 11.1 Å². The monoisotopic (exact) mass is 307 g/mol. The number of alkyl halides is 3. The van der Waals surface area contributed by atoms with Crippen molar-refractivity contribution in [1.29, 1.82) is 5.26 Å². The van der Waals surface area contributed by atoms with Gasteiger partial charge in [0.1, 0.15) is 6.61 Å². The van der Waals surface area contributed by atoms with E-state index >= 15 is 0 Å². The average Bonchev–Trinajstić information content (AvgIpc) is 2.51. The summed E-state index contributed by atoms with van der Waals surface area (Å²) in [6.07, 6.45) is -4.42. The molecule has 0 aliphatic heterocycles. The van der Waals surface area contributed by atoms with Gasteiger partial charge < -0.3 is 9.47 Å². The Balaban J connectivity index is 2.08. The lowest BCUT2D eigenvalue weighted by Crippen LogP contribution is -2.19. The third-order valence-corrected chi connectivity index (χ3v) is 2.76. The highest BCUT2D eigenvalue weighted by Crippen LogP contribution is 2.29. The van der Waals surface area contributed by atoms with Gasteiger partial charge in [0.05, 0.1) is 11.6 Å². The quantitative estimate of drug-likeness (QED) is 0.836. The maximum Gasteiger partial charge on any atom is 0.422 e. The van der Waals surface area contributed by atoms with Gasteiger partial charge in [-0.15, -0.1) is 0 Å². The Kier molecular flexibility index (Phi) is 4.89. The molecule has 2 aromatic carbocycles. The van der Waals surface area contributed by atoms with E-state index in [1.807, 2.05) is 6.07 Å². The predicted octanol–water partition coefficient (Wildman–Crippen LogP) is 4.08. The van der Waals surface area contributed by atoms with Crippen LogP contribution < -0.4 is 9.47 Å². The fourth-order valence-electron chi connectivity index (χ4n) is 1.76. The van der Waals surface area contributed by atoms with Crippen molar-refractivity contribution in [3.05, 3.63) is 59.7 Å². The lowest BCUT2D eigenvalue weighted by Gasteiger charge is -2.14. The molecule has 0 aliphatic carbocycles. The first-order chi connectivity index (χ1) is 10.5. The van der Waals surface area contributed by atoms with E-state index in [-0.39, 0.29) is 18.1 Å². The number of halogens is 3. The molecule has 0 spiro atoms. The van der Waals surface area contributed by atoms with Crippen molar-refractivity contribution in [1.82, 2.24) is 0 Å². The highest BCUT2D eigenvalue weighted by Gasteiger charge is 2.28. The Morgan fingerprint density at radius 2 is 1.50 bits per heavy atom. The van der Waals surface area contributed by atoms with Crippen molar-refractivity contribution < 1.29 is 22.6 Å². The Bertz CT molecular complexity index is 678. The summed E-state index contributed by atoms with van der Waals surface area (Å²) in [5.74, 6) is 0.203. The second-order valence-electron chi connectivity index (χ2n) is 4.41. The number of rotatable bonds is 5. The molecule has 0 N–H and O–H groups in total. The standard InChI is InChI=1S/C16H12F3NO2/c17-16(18,19)11-22-15-8-4-3-7-14(15)21-10-13-6-2-1-5-12(13)9-20/h1-8H,10-11H2. The van der Waals surface area contributed by atoms with Crippen LogP contribution in [0.15, 0.2) is 48.5 Å². The summed E-state index contributed by atoms with van der Waals surface area (Å²) < 4.78 is 46.9.